The number of amides is 1. The molecule has 4 rings (SSSR count). The van der Waals surface area contributed by atoms with Crippen LogP contribution < -0.4 is 15.8 Å². The van der Waals surface area contributed by atoms with Crippen molar-refractivity contribution in [1.82, 2.24) is 9.78 Å². The molecule has 2 heterocycles. The molecule has 1 amide bonds. The molecule has 1 fully saturated rings. The summed E-state index contributed by atoms with van der Waals surface area (Å²) in [5, 5.41) is 8.89. The minimum atomic E-state index is -0.357. The minimum absolute atomic E-state index is 0.198. The van der Waals surface area contributed by atoms with Crippen LogP contribution in [-0.4, -0.2) is 28.8 Å². The van der Waals surface area contributed by atoms with Gasteiger partial charge in [-0.1, -0.05) is 29.8 Å². The van der Waals surface area contributed by atoms with Gasteiger partial charge in [0.05, 0.1) is 16.8 Å². The molecule has 6 nitrogen and oxygen atoms in total. The molecule has 1 N–H and O–H groups in total. The van der Waals surface area contributed by atoms with Crippen LogP contribution in [0.5, 0.6) is 0 Å². The Morgan fingerprint density at radius 3 is 2.55 bits per heavy atom. The second-order valence-corrected chi connectivity index (χ2v) is 7.61. The molecule has 3 aromatic rings. The predicted octanol–water partition coefficient (Wildman–Crippen LogP) is 4.31. The van der Waals surface area contributed by atoms with Gasteiger partial charge in [-0.25, -0.2) is 4.68 Å². The Kier molecular flexibility index (Phi) is 5.53. The molecule has 0 atom stereocenters. The first-order valence-corrected chi connectivity index (χ1v) is 10.3. The normalized spacial score (nSPS) is 14.2. The van der Waals surface area contributed by atoms with Crippen molar-refractivity contribution in [2.75, 3.05) is 23.3 Å². The van der Waals surface area contributed by atoms with E-state index in [4.69, 9.17) is 11.6 Å². The number of rotatable bonds is 4. The standard InChI is InChI=1S/C22H23ClN4O2/c1-2-27-22(29)17-9-5-4-8-16(17)20(25-27)21(28)24-18-14-15(23)10-11-19(18)26-12-6-3-7-13-26/h4-5,8-11,14H,2-3,6-7,12-13H2,1H3,(H,24,28). The number of carbonyl (C=O) groups excluding carboxylic acids is 1. The van der Waals surface area contributed by atoms with Crippen LogP contribution in [0.15, 0.2) is 47.3 Å². The van der Waals surface area contributed by atoms with E-state index in [1.54, 1.807) is 30.3 Å². The maximum atomic E-state index is 13.2. The number of aryl methyl sites for hydroxylation is 1. The Bertz CT molecular complexity index is 1120. The average molecular weight is 411 g/mol. The van der Waals surface area contributed by atoms with Gasteiger partial charge in [-0.2, -0.15) is 5.10 Å². The van der Waals surface area contributed by atoms with Crippen LogP contribution in [0.25, 0.3) is 10.8 Å². The third-order valence-electron chi connectivity index (χ3n) is 5.29. The quantitative estimate of drug-likeness (QED) is 0.695. The van der Waals surface area contributed by atoms with Crippen LogP contribution >= 0.6 is 11.6 Å². The number of nitrogens with zero attached hydrogens (tertiary/aromatic N) is 3. The van der Waals surface area contributed by atoms with Gasteiger partial charge in [0.1, 0.15) is 0 Å². The molecule has 1 aliphatic heterocycles. The Labute approximate surface area is 174 Å². The smallest absolute Gasteiger partial charge is 0.276 e. The van der Waals surface area contributed by atoms with E-state index >= 15 is 0 Å². The summed E-state index contributed by atoms with van der Waals surface area (Å²) in [5.74, 6) is -0.357. The molecule has 1 saturated heterocycles. The number of anilines is 2. The van der Waals surface area contributed by atoms with Crippen molar-refractivity contribution < 1.29 is 4.79 Å². The second kappa shape index (κ2) is 8.25. The van der Waals surface area contributed by atoms with E-state index in [2.05, 4.69) is 15.3 Å². The van der Waals surface area contributed by atoms with Crippen molar-refractivity contribution in [3.05, 3.63) is 63.5 Å². The monoisotopic (exact) mass is 410 g/mol. The summed E-state index contributed by atoms with van der Waals surface area (Å²) in [6.07, 6.45) is 3.48. The van der Waals surface area contributed by atoms with Crippen molar-refractivity contribution in [3.63, 3.8) is 0 Å². The molecule has 1 aliphatic rings. The van der Waals surface area contributed by atoms with Crippen molar-refractivity contribution in [1.29, 1.82) is 0 Å². The number of piperidine rings is 1. The van der Waals surface area contributed by atoms with Crippen LogP contribution in [0.2, 0.25) is 5.02 Å². The van der Waals surface area contributed by atoms with Crippen molar-refractivity contribution >= 4 is 39.7 Å². The van der Waals surface area contributed by atoms with Crippen LogP contribution in [0.4, 0.5) is 11.4 Å². The van der Waals surface area contributed by atoms with Gasteiger partial charge in [0, 0.05) is 30.0 Å². The molecule has 0 saturated carbocycles. The van der Waals surface area contributed by atoms with Crippen molar-refractivity contribution in [3.8, 4) is 0 Å². The number of fused-ring (bicyclic) bond motifs is 1. The van der Waals surface area contributed by atoms with Crippen molar-refractivity contribution in [2.24, 2.45) is 0 Å². The molecule has 0 spiro atoms. The van der Waals surface area contributed by atoms with Gasteiger partial charge in [0.15, 0.2) is 5.69 Å². The molecule has 1 aromatic heterocycles. The fraction of sp³-hybridized carbons (Fsp3) is 0.318. The molecular formula is C22H23ClN4O2. The van der Waals surface area contributed by atoms with Crippen LogP contribution in [0.1, 0.15) is 36.7 Å². The number of aromatic nitrogens is 2. The lowest BCUT2D eigenvalue weighted by atomic mass is 10.1. The van der Waals surface area contributed by atoms with E-state index in [0.717, 1.165) is 31.6 Å². The number of hydrogen-bond donors (Lipinski definition) is 1. The van der Waals surface area contributed by atoms with Crippen LogP contribution in [0, 0.1) is 0 Å². The molecular weight excluding hydrogens is 388 g/mol. The van der Waals surface area contributed by atoms with Gasteiger partial charge < -0.3 is 10.2 Å². The Hall–Kier alpha value is -2.86. The fourth-order valence-corrected chi connectivity index (χ4v) is 3.99. The Morgan fingerprint density at radius 1 is 1.10 bits per heavy atom. The van der Waals surface area contributed by atoms with E-state index in [-0.39, 0.29) is 17.2 Å². The zero-order valence-electron chi connectivity index (χ0n) is 16.3. The summed E-state index contributed by atoms with van der Waals surface area (Å²) >= 11 is 6.22. The molecule has 29 heavy (non-hydrogen) atoms. The van der Waals surface area contributed by atoms with Gasteiger partial charge in [-0.05, 0) is 50.5 Å². The molecule has 0 radical (unpaired) electrons. The van der Waals surface area contributed by atoms with Gasteiger partial charge in [0.2, 0.25) is 0 Å². The van der Waals surface area contributed by atoms with Gasteiger partial charge in [-0.15, -0.1) is 0 Å². The molecule has 2 aromatic carbocycles. The molecule has 0 unspecified atom stereocenters. The number of nitrogens with one attached hydrogen (secondary N) is 1. The summed E-state index contributed by atoms with van der Waals surface area (Å²) in [4.78, 5) is 28.0. The van der Waals surface area contributed by atoms with Gasteiger partial charge in [-0.3, -0.25) is 9.59 Å². The fourth-order valence-electron chi connectivity index (χ4n) is 3.82. The van der Waals surface area contributed by atoms with E-state index < -0.39 is 0 Å². The summed E-state index contributed by atoms with van der Waals surface area (Å²) < 4.78 is 1.32. The topological polar surface area (TPSA) is 67.2 Å². The lowest BCUT2D eigenvalue weighted by Crippen LogP contribution is -2.31. The SMILES string of the molecule is CCn1nc(C(=O)Nc2cc(Cl)ccc2N2CCCCC2)c2ccccc2c1=O. The maximum Gasteiger partial charge on any atom is 0.276 e. The zero-order valence-corrected chi connectivity index (χ0v) is 17.1. The highest BCUT2D eigenvalue weighted by atomic mass is 35.5. The first-order chi connectivity index (χ1) is 14.1. The highest BCUT2D eigenvalue weighted by molar-refractivity contribution is 6.31. The van der Waals surface area contributed by atoms with Gasteiger partial charge in [0.25, 0.3) is 11.5 Å². The van der Waals surface area contributed by atoms with E-state index in [0.29, 0.717) is 28.0 Å². The Balaban J connectivity index is 1.75. The predicted molar refractivity (Wildman–Crippen MR) is 117 cm³/mol. The zero-order chi connectivity index (χ0) is 20.4. The lowest BCUT2D eigenvalue weighted by molar-refractivity contribution is 0.102. The molecule has 0 aliphatic carbocycles. The highest BCUT2D eigenvalue weighted by Crippen LogP contribution is 2.31. The summed E-state index contributed by atoms with van der Waals surface area (Å²) in [5.41, 5.74) is 1.64. The largest absolute Gasteiger partial charge is 0.370 e. The Morgan fingerprint density at radius 2 is 1.83 bits per heavy atom. The van der Waals surface area contributed by atoms with E-state index in [1.807, 2.05) is 19.1 Å². The number of hydrogen-bond acceptors (Lipinski definition) is 4. The first-order valence-electron chi connectivity index (χ1n) is 9.94. The van der Waals surface area contributed by atoms with Gasteiger partial charge >= 0.3 is 0 Å². The third-order valence-corrected chi connectivity index (χ3v) is 5.52. The maximum absolute atomic E-state index is 13.2. The van der Waals surface area contributed by atoms with Crippen LogP contribution in [0.3, 0.4) is 0 Å². The van der Waals surface area contributed by atoms with E-state index in [9.17, 15) is 9.59 Å². The van der Waals surface area contributed by atoms with Crippen molar-refractivity contribution in [2.45, 2.75) is 32.7 Å². The summed E-state index contributed by atoms with van der Waals surface area (Å²) in [6.45, 7) is 4.12. The minimum Gasteiger partial charge on any atom is -0.370 e. The summed E-state index contributed by atoms with van der Waals surface area (Å²) in [6, 6.07) is 12.6. The lowest BCUT2D eigenvalue weighted by Gasteiger charge is -2.30. The highest BCUT2D eigenvalue weighted by Gasteiger charge is 2.20. The second-order valence-electron chi connectivity index (χ2n) is 7.18. The average Bonchev–Trinajstić information content (AvgIpc) is 2.75. The first kappa shape index (κ1) is 19.5. The number of benzene rings is 2. The van der Waals surface area contributed by atoms with E-state index in [1.165, 1.54) is 11.1 Å². The molecule has 7 heteroatoms. The molecule has 0 bridgehead atoms. The number of carbonyl (C=O) groups is 1. The number of halogens is 1. The summed E-state index contributed by atoms with van der Waals surface area (Å²) in [7, 11) is 0. The molecule has 150 valence electrons. The van der Waals surface area contributed by atoms with Crippen LogP contribution in [-0.2, 0) is 6.54 Å². The third kappa shape index (κ3) is 3.85.